The van der Waals surface area contributed by atoms with E-state index >= 15 is 0 Å². The van der Waals surface area contributed by atoms with E-state index in [4.69, 9.17) is 10.5 Å². The minimum Gasteiger partial charge on any atom is -0.494 e. The Morgan fingerprint density at radius 2 is 1.65 bits per heavy atom. The molecule has 3 heteroatoms. The van der Waals surface area contributed by atoms with Gasteiger partial charge in [-0.3, -0.25) is 0 Å². The number of aryl methyl sites for hydroxylation is 3. The summed E-state index contributed by atoms with van der Waals surface area (Å²) in [6.45, 7) is 4.89. The average molecular weight is 334 g/mol. The molecular weight excluding hydrogens is 314 g/mol. The van der Waals surface area contributed by atoms with Gasteiger partial charge in [0.05, 0.1) is 6.61 Å². The highest BCUT2D eigenvalue weighted by atomic mass is 79.9. The van der Waals surface area contributed by atoms with Crippen LogP contribution < -0.4 is 10.5 Å². The highest BCUT2D eigenvalue weighted by Crippen LogP contribution is 2.26. The predicted molar refractivity (Wildman–Crippen MR) is 88.3 cm³/mol. The number of halogens is 1. The van der Waals surface area contributed by atoms with Crippen LogP contribution in [-0.2, 0) is 6.42 Å². The Morgan fingerprint density at radius 3 is 2.25 bits per heavy atom. The van der Waals surface area contributed by atoms with E-state index in [1.807, 2.05) is 12.1 Å². The van der Waals surface area contributed by atoms with Crippen LogP contribution >= 0.6 is 15.9 Å². The molecule has 2 aromatic carbocycles. The maximum atomic E-state index is 5.82. The Morgan fingerprint density at radius 1 is 1.05 bits per heavy atom. The van der Waals surface area contributed by atoms with Crippen molar-refractivity contribution in [1.82, 2.24) is 0 Å². The Bertz CT molecular complexity index is 555. The van der Waals surface area contributed by atoms with Crippen molar-refractivity contribution in [1.29, 1.82) is 0 Å². The van der Waals surface area contributed by atoms with Gasteiger partial charge in [0.25, 0.3) is 0 Å². The van der Waals surface area contributed by atoms with Crippen molar-refractivity contribution in [3.63, 3.8) is 0 Å². The number of anilines is 1. The van der Waals surface area contributed by atoms with Crippen LogP contribution in [0.2, 0.25) is 0 Å². The fraction of sp³-hybridized carbons (Fsp3) is 0.294. The van der Waals surface area contributed by atoms with Crippen molar-refractivity contribution in [2.45, 2.75) is 26.7 Å². The van der Waals surface area contributed by atoms with Crippen molar-refractivity contribution in [2.75, 3.05) is 12.3 Å². The van der Waals surface area contributed by atoms with E-state index in [0.717, 1.165) is 35.4 Å². The molecular formula is C17H20BrNO. The zero-order chi connectivity index (χ0) is 14.5. The fourth-order valence-corrected chi connectivity index (χ4v) is 2.37. The molecule has 0 aliphatic carbocycles. The molecule has 0 fully saturated rings. The third kappa shape index (κ3) is 4.01. The van der Waals surface area contributed by atoms with Gasteiger partial charge in [-0.15, -0.1) is 0 Å². The molecule has 2 rings (SSSR count). The molecule has 0 saturated carbocycles. The number of hydrogen-bond acceptors (Lipinski definition) is 2. The van der Waals surface area contributed by atoms with Crippen LogP contribution in [0.25, 0.3) is 0 Å². The first kappa shape index (κ1) is 14.9. The molecule has 0 aliphatic heterocycles. The summed E-state index contributed by atoms with van der Waals surface area (Å²) in [6, 6.07) is 12.2. The van der Waals surface area contributed by atoms with Crippen LogP contribution in [0.4, 0.5) is 5.69 Å². The predicted octanol–water partition coefficient (Wildman–Crippen LogP) is 4.66. The van der Waals surface area contributed by atoms with Crippen molar-refractivity contribution in [3.05, 3.63) is 57.6 Å². The van der Waals surface area contributed by atoms with E-state index < -0.39 is 0 Å². The molecule has 0 amide bonds. The maximum absolute atomic E-state index is 5.82. The van der Waals surface area contributed by atoms with E-state index in [9.17, 15) is 0 Å². The smallest absolute Gasteiger partial charge is 0.119 e. The molecule has 106 valence electrons. The lowest BCUT2D eigenvalue weighted by atomic mass is 10.1. The molecule has 0 aliphatic rings. The standard InChI is InChI=1S/C17H20BrNO/c1-12-10-16(11-13(2)17(12)18)20-9-3-4-14-5-7-15(19)8-6-14/h5-8,10-11H,3-4,9,19H2,1-2H3. The van der Waals surface area contributed by atoms with Gasteiger partial charge < -0.3 is 10.5 Å². The van der Waals surface area contributed by atoms with Gasteiger partial charge in [0.2, 0.25) is 0 Å². The van der Waals surface area contributed by atoms with Crippen LogP contribution in [0.1, 0.15) is 23.1 Å². The van der Waals surface area contributed by atoms with Crippen molar-refractivity contribution >= 4 is 21.6 Å². The van der Waals surface area contributed by atoms with E-state index in [0.29, 0.717) is 0 Å². The lowest BCUT2D eigenvalue weighted by Crippen LogP contribution is -2.00. The Kier molecular flexibility index (Phi) is 5.07. The van der Waals surface area contributed by atoms with Crippen LogP contribution in [0.5, 0.6) is 5.75 Å². The summed E-state index contributed by atoms with van der Waals surface area (Å²) in [4.78, 5) is 0. The lowest BCUT2D eigenvalue weighted by molar-refractivity contribution is 0.310. The van der Waals surface area contributed by atoms with Crippen LogP contribution in [-0.4, -0.2) is 6.61 Å². The van der Waals surface area contributed by atoms with Gasteiger partial charge in [-0.25, -0.2) is 0 Å². The number of benzene rings is 2. The van der Waals surface area contributed by atoms with Gasteiger partial charge in [-0.2, -0.15) is 0 Å². The van der Waals surface area contributed by atoms with Crippen LogP contribution in [0.15, 0.2) is 40.9 Å². The Hall–Kier alpha value is -1.48. The minimum atomic E-state index is 0.727. The number of nitrogen functional groups attached to an aromatic ring is 1. The maximum Gasteiger partial charge on any atom is 0.119 e. The summed E-state index contributed by atoms with van der Waals surface area (Å²) in [7, 11) is 0. The monoisotopic (exact) mass is 333 g/mol. The normalized spacial score (nSPS) is 10.6. The molecule has 0 heterocycles. The first-order valence-corrected chi connectivity index (χ1v) is 7.59. The summed E-state index contributed by atoms with van der Waals surface area (Å²) in [5.74, 6) is 0.945. The number of ether oxygens (including phenoxy) is 1. The van der Waals surface area contributed by atoms with Crippen molar-refractivity contribution in [2.24, 2.45) is 0 Å². The lowest BCUT2D eigenvalue weighted by Gasteiger charge is -2.10. The van der Waals surface area contributed by atoms with E-state index in [1.165, 1.54) is 16.7 Å². The summed E-state index contributed by atoms with van der Waals surface area (Å²) in [5.41, 5.74) is 10.2. The van der Waals surface area contributed by atoms with E-state index in [2.05, 4.69) is 54.0 Å². The zero-order valence-corrected chi connectivity index (χ0v) is 13.5. The molecule has 0 aromatic heterocycles. The second-order valence-corrected chi connectivity index (χ2v) is 5.86. The molecule has 0 radical (unpaired) electrons. The topological polar surface area (TPSA) is 35.2 Å². The molecule has 0 unspecified atom stereocenters. The van der Waals surface area contributed by atoms with Crippen molar-refractivity contribution < 1.29 is 4.74 Å². The molecule has 20 heavy (non-hydrogen) atoms. The van der Waals surface area contributed by atoms with Gasteiger partial charge in [-0.05, 0) is 67.6 Å². The summed E-state index contributed by atoms with van der Waals surface area (Å²) in [5, 5.41) is 0. The second-order valence-electron chi connectivity index (χ2n) is 5.06. The minimum absolute atomic E-state index is 0.727. The van der Waals surface area contributed by atoms with E-state index in [-0.39, 0.29) is 0 Å². The third-order valence-corrected chi connectivity index (χ3v) is 4.52. The van der Waals surface area contributed by atoms with Gasteiger partial charge in [0, 0.05) is 10.2 Å². The molecule has 0 atom stereocenters. The Labute approximate surface area is 129 Å². The van der Waals surface area contributed by atoms with Crippen LogP contribution in [0.3, 0.4) is 0 Å². The van der Waals surface area contributed by atoms with E-state index in [1.54, 1.807) is 0 Å². The molecule has 0 saturated heterocycles. The molecule has 2 N–H and O–H groups in total. The van der Waals surface area contributed by atoms with Gasteiger partial charge in [0.1, 0.15) is 5.75 Å². The molecule has 0 spiro atoms. The van der Waals surface area contributed by atoms with Gasteiger partial charge >= 0.3 is 0 Å². The third-order valence-electron chi connectivity index (χ3n) is 3.27. The summed E-state index contributed by atoms with van der Waals surface area (Å²) < 4.78 is 6.98. The average Bonchev–Trinajstić information content (AvgIpc) is 2.43. The highest BCUT2D eigenvalue weighted by Gasteiger charge is 2.03. The second kappa shape index (κ2) is 6.80. The zero-order valence-electron chi connectivity index (χ0n) is 11.9. The highest BCUT2D eigenvalue weighted by molar-refractivity contribution is 9.10. The molecule has 2 aromatic rings. The summed E-state index contributed by atoms with van der Waals surface area (Å²) in [6.07, 6.45) is 2.01. The largest absolute Gasteiger partial charge is 0.494 e. The molecule has 2 nitrogen and oxygen atoms in total. The number of hydrogen-bond donors (Lipinski definition) is 1. The molecule has 0 bridgehead atoms. The first-order valence-electron chi connectivity index (χ1n) is 6.80. The van der Waals surface area contributed by atoms with Gasteiger partial charge in [-0.1, -0.05) is 28.1 Å². The Balaban J connectivity index is 1.83. The van der Waals surface area contributed by atoms with Gasteiger partial charge in [0.15, 0.2) is 0 Å². The first-order chi connectivity index (χ1) is 9.56. The SMILES string of the molecule is Cc1cc(OCCCc2ccc(N)cc2)cc(C)c1Br. The summed E-state index contributed by atoms with van der Waals surface area (Å²) >= 11 is 3.57. The van der Waals surface area contributed by atoms with Crippen LogP contribution in [0, 0.1) is 13.8 Å². The quantitative estimate of drug-likeness (QED) is 0.638. The number of nitrogens with two attached hydrogens (primary N) is 1. The van der Waals surface area contributed by atoms with Crippen molar-refractivity contribution in [3.8, 4) is 5.75 Å². The number of rotatable bonds is 5. The fourth-order valence-electron chi connectivity index (χ4n) is 2.14.